The third-order valence-electron chi connectivity index (χ3n) is 1.82. The molecule has 0 saturated carbocycles. The highest BCUT2D eigenvalue weighted by atomic mass is 16.5. The lowest BCUT2D eigenvalue weighted by molar-refractivity contribution is 0.400. The van der Waals surface area contributed by atoms with Crippen molar-refractivity contribution in [2.45, 2.75) is 6.92 Å². The van der Waals surface area contributed by atoms with Crippen LogP contribution in [0.15, 0.2) is 46.0 Å². The Bertz CT molecular complexity index is 448. The van der Waals surface area contributed by atoms with Gasteiger partial charge in [-0.2, -0.15) is 5.10 Å². The first-order valence-electron chi connectivity index (χ1n) is 4.62. The van der Waals surface area contributed by atoms with E-state index in [2.05, 4.69) is 15.7 Å². The maximum atomic E-state index is 4.88. The Labute approximate surface area is 87.6 Å². The van der Waals surface area contributed by atoms with Gasteiger partial charge in [0.25, 0.3) is 0 Å². The van der Waals surface area contributed by atoms with E-state index in [1.165, 1.54) is 0 Å². The molecule has 2 rings (SSSR count). The Hall–Kier alpha value is -2.10. The molecule has 1 aromatic carbocycles. The molecule has 4 nitrogen and oxygen atoms in total. The van der Waals surface area contributed by atoms with E-state index in [0.29, 0.717) is 5.82 Å². The standard InChI is InChI=1S/C11H11N3O/c1-9-7-11(14-15-9)13-12-8-10-5-3-2-4-6-10/h2-8H,1H3,(H,13,14). The van der Waals surface area contributed by atoms with E-state index in [1.54, 1.807) is 12.3 Å². The Morgan fingerprint density at radius 1 is 1.33 bits per heavy atom. The smallest absolute Gasteiger partial charge is 0.189 e. The maximum absolute atomic E-state index is 4.88. The van der Waals surface area contributed by atoms with Crippen LogP contribution in [0.2, 0.25) is 0 Å². The number of aromatic nitrogens is 1. The first kappa shape index (κ1) is 9.45. The number of rotatable bonds is 3. The van der Waals surface area contributed by atoms with Crippen molar-refractivity contribution in [2.75, 3.05) is 5.43 Å². The zero-order valence-electron chi connectivity index (χ0n) is 8.34. The van der Waals surface area contributed by atoms with Crippen molar-refractivity contribution < 1.29 is 4.52 Å². The predicted molar refractivity (Wildman–Crippen MR) is 58.9 cm³/mol. The van der Waals surface area contributed by atoms with Gasteiger partial charge < -0.3 is 4.52 Å². The molecule has 0 aliphatic carbocycles. The fraction of sp³-hybridized carbons (Fsp3) is 0.0909. The molecule has 4 heteroatoms. The topological polar surface area (TPSA) is 50.4 Å². The van der Waals surface area contributed by atoms with Gasteiger partial charge in [-0.25, -0.2) is 0 Å². The van der Waals surface area contributed by atoms with Crippen molar-refractivity contribution in [2.24, 2.45) is 5.10 Å². The summed E-state index contributed by atoms with van der Waals surface area (Å²) in [5.41, 5.74) is 3.81. The molecule has 2 aromatic rings. The van der Waals surface area contributed by atoms with Gasteiger partial charge in [-0.1, -0.05) is 35.5 Å². The molecule has 0 amide bonds. The molecule has 0 radical (unpaired) electrons. The Morgan fingerprint density at radius 2 is 2.13 bits per heavy atom. The van der Waals surface area contributed by atoms with Crippen LogP contribution in [0.4, 0.5) is 5.82 Å². The van der Waals surface area contributed by atoms with Crippen molar-refractivity contribution in [1.29, 1.82) is 0 Å². The summed E-state index contributed by atoms with van der Waals surface area (Å²) in [6, 6.07) is 11.6. The second-order valence-electron chi connectivity index (χ2n) is 3.10. The summed E-state index contributed by atoms with van der Waals surface area (Å²) in [5, 5.41) is 7.77. The third-order valence-corrected chi connectivity index (χ3v) is 1.82. The summed E-state index contributed by atoms with van der Waals surface area (Å²) in [6.07, 6.45) is 1.73. The fourth-order valence-electron chi connectivity index (χ4n) is 1.13. The van der Waals surface area contributed by atoms with Gasteiger partial charge in [-0.3, -0.25) is 5.43 Å². The summed E-state index contributed by atoms with van der Waals surface area (Å²) >= 11 is 0. The average molecular weight is 201 g/mol. The normalized spacial score (nSPS) is 10.7. The summed E-state index contributed by atoms with van der Waals surface area (Å²) < 4.78 is 4.88. The van der Waals surface area contributed by atoms with E-state index in [0.717, 1.165) is 11.3 Å². The SMILES string of the molecule is Cc1cc(NN=Cc2ccccc2)no1. The van der Waals surface area contributed by atoms with Crippen LogP contribution in [0, 0.1) is 6.92 Å². The first-order chi connectivity index (χ1) is 7.34. The van der Waals surface area contributed by atoms with E-state index in [-0.39, 0.29) is 0 Å². The molecule has 76 valence electrons. The highest BCUT2D eigenvalue weighted by molar-refractivity contribution is 5.79. The van der Waals surface area contributed by atoms with Gasteiger partial charge in [-0.15, -0.1) is 0 Å². The van der Waals surface area contributed by atoms with Crippen LogP contribution in [0.25, 0.3) is 0 Å². The number of aryl methyl sites for hydroxylation is 1. The summed E-state index contributed by atoms with van der Waals surface area (Å²) in [5.74, 6) is 1.37. The predicted octanol–water partition coefficient (Wildman–Crippen LogP) is 2.43. The number of benzene rings is 1. The molecular weight excluding hydrogens is 190 g/mol. The van der Waals surface area contributed by atoms with Gasteiger partial charge in [0.1, 0.15) is 5.76 Å². The molecule has 1 aromatic heterocycles. The second-order valence-corrected chi connectivity index (χ2v) is 3.10. The highest BCUT2D eigenvalue weighted by Crippen LogP contribution is 2.06. The second kappa shape index (κ2) is 4.41. The minimum absolute atomic E-state index is 0.611. The highest BCUT2D eigenvalue weighted by Gasteiger charge is 1.95. The number of nitrogens with one attached hydrogen (secondary N) is 1. The van der Waals surface area contributed by atoms with Crippen molar-refractivity contribution >= 4 is 12.0 Å². The van der Waals surface area contributed by atoms with Crippen LogP contribution in [-0.4, -0.2) is 11.4 Å². The van der Waals surface area contributed by atoms with Gasteiger partial charge in [0.05, 0.1) is 6.21 Å². The molecule has 0 spiro atoms. The quantitative estimate of drug-likeness (QED) is 0.613. The molecule has 0 atom stereocenters. The van der Waals surface area contributed by atoms with Crippen LogP contribution < -0.4 is 5.43 Å². The molecule has 15 heavy (non-hydrogen) atoms. The van der Waals surface area contributed by atoms with Crippen LogP contribution in [0.3, 0.4) is 0 Å². The summed E-state index contributed by atoms with van der Waals surface area (Å²) in [4.78, 5) is 0. The minimum Gasteiger partial charge on any atom is -0.359 e. The molecule has 0 unspecified atom stereocenters. The van der Waals surface area contributed by atoms with E-state index in [1.807, 2.05) is 37.3 Å². The monoisotopic (exact) mass is 201 g/mol. The van der Waals surface area contributed by atoms with Gasteiger partial charge in [-0.05, 0) is 12.5 Å². The molecule has 0 bridgehead atoms. The number of anilines is 1. The maximum Gasteiger partial charge on any atom is 0.189 e. The Kier molecular flexibility index (Phi) is 2.78. The van der Waals surface area contributed by atoms with E-state index in [9.17, 15) is 0 Å². The molecule has 1 N–H and O–H groups in total. The molecule has 0 aliphatic rings. The van der Waals surface area contributed by atoms with E-state index in [4.69, 9.17) is 4.52 Å². The van der Waals surface area contributed by atoms with Crippen LogP contribution in [0.1, 0.15) is 11.3 Å². The Morgan fingerprint density at radius 3 is 2.80 bits per heavy atom. The number of hydrogen-bond acceptors (Lipinski definition) is 4. The lowest BCUT2D eigenvalue weighted by atomic mass is 10.2. The summed E-state index contributed by atoms with van der Waals surface area (Å²) in [7, 11) is 0. The molecular formula is C11H11N3O. The lowest BCUT2D eigenvalue weighted by Gasteiger charge is -1.92. The van der Waals surface area contributed by atoms with E-state index >= 15 is 0 Å². The fourth-order valence-corrected chi connectivity index (χ4v) is 1.13. The van der Waals surface area contributed by atoms with Gasteiger partial charge in [0.2, 0.25) is 0 Å². The zero-order valence-corrected chi connectivity index (χ0v) is 8.34. The zero-order chi connectivity index (χ0) is 10.5. The van der Waals surface area contributed by atoms with E-state index < -0.39 is 0 Å². The lowest BCUT2D eigenvalue weighted by Crippen LogP contribution is -1.89. The number of nitrogens with zero attached hydrogens (tertiary/aromatic N) is 2. The average Bonchev–Trinajstić information content (AvgIpc) is 2.66. The number of hydrazone groups is 1. The van der Waals surface area contributed by atoms with Crippen molar-refractivity contribution in [3.8, 4) is 0 Å². The van der Waals surface area contributed by atoms with Crippen LogP contribution in [0.5, 0.6) is 0 Å². The largest absolute Gasteiger partial charge is 0.359 e. The van der Waals surface area contributed by atoms with Crippen molar-refractivity contribution in [3.63, 3.8) is 0 Å². The first-order valence-corrected chi connectivity index (χ1v) is 4.62. The third kappa shape index (κ3) is 2.67. The van der Waals surface area contributed by atoms with Crippen molar-refractivity contribution in [3.05, 3.63) is 47.7 Å². The van der Waals surface area contributed by atoms with Crippen LogP contribution in [-0.2, 0) is 0 Å². The Balaban J connectivity index is 1.96. The van der Waals surface area contributed by atoms with Gasteiger partial charge >= 0.3 is 0 Å². The minimum atomic E-state index is 0.611. The van der Waals surface area contributed by atoms with Gasteiger partial charge in [0, 0.05) is 6.07 Å². The number of hydrogen-bond donors (Lipinski definition) is 1. The molecule has 1 heterocycles. The molecule has 0 fully saturated rings. The van der Waals surface area contributed by atoms with Crippen LogP contribution >= 0.6 is 0 Å². The van der Waals surface area contributed by atoms with Gasteiger partial charge in [0.15, 0.2) is 5.82 Å². The molecule has 0 saturated heterocycles. The molecule has 0 aliphatic heterocycles. The van der Waals surface area contributed by atoms with Crippen molar-refractivity contribution in [1.82, 2.24) is 5.16 Å². The summed E-state index contributed by atoms with van der Waals surface area (Å²) in [6.45, 7) is 1.83.